The van der Waals surface area contributed by atoms with E-state index in [1.54, 1.807) is 6.07 Å². The number of rotatable bonds is 3. The van der Waals surface area contributed by atoms with Crippen molar-refractivity contribution in [3.05, 3.63) is 42.0 Å². The topological polar surface area (TPSA) is 40.5 Å². The number of amides is 1. The second kappa shape index (κ2) is 6.39. The summed E-state index contributed by atoms with van der Waals surface area (Å²) in [6, 6.07) is 11.6. The monoisotopic (exact) mass is 297 g/mol. The Morgan fingerprint density at radius 3 is 2.41 bits per heavy atom. The predicted molar refractivity (Wildman–Crippen MR) is 89.2 cm³/mol. The highest BCUT2D eigenvalue weighted by Crippen LogP contribution is 2.29. The van der Waals surface area contributed by atoms with Crippen LogP contribution in [0.15, 0.2) is 36.4 Å². The lowest BCUT2D eigenvalue weighted by Crippen LogP contribution is -2.41. The van der Waals surface area contributed by atoms with Crippen molar-refractivity contribution >= 4 is 16.7 Å². The highest BCUT2D eigenvalue weighted by Gasteiger charge is 2.26. The van der Waals surface area contributed by atoms with Crippen molar-refractivity contribution in [1.29, 1.82) is 0 Å². The highest BCUT2D eigenvalue weighted by atomic mass is 16.3. The van der Waals surface area contributed by atoms with Crippen molar-refractivity contribution in [3.8, 4) is 5.75 Å². The second-order valence-corrected chi connectivity index (χ2v) is 6.10. The van der Waals surface area contributed by atoms with Crippen LogP contribution < -0.4 is 0 Å². The fourth-order valence-corrected chi connectivity index (χ4v) is 3.51. The van der Waals surface area contributed by atoms with Crippen LogP contribution in [0.5, 0.6) is 5.75 Å². The summed E-state index contributed by atoms with van der Waals surface area (Å²) in [5.74, 6) is 0.0376. The van der Waals surface area contributed by atoms with Crippen LogP contribution in [0, 0.1) is 0 Å². The van der Waals surface area contributed by atoms with Gasteiger partial charge in [0, 0.05) is 12.6 Å². The Balaban J connectivity index is 1.94. The van der Waals surface area contributed by atoms with Gasteiger partial charge >= 0.3 is 0 Å². The number of hydrogen-bond acceptors (Lipinski definition) is 2. The third kappa shape index (κ3) is 2.80. The van der Waals surface area contributed by atoms with Gasteiger partial charge in [-0.05, 0) is 42.7 Å². The molecule has 0 bridgehead atoms. The number of fused-ring (bicyclic) bond motifs is 1. The fraction of sp³-hybridized carbons (Fsp3) is 0.421. The first-order valence-electron chi connectivity index (χ1n) is 8.23. The van der Waals surface area contributed by atoms with Crippen LogP contribution in [0.25, 0.3) is 10.8 Å². The SMILES string of the molecule is CCN(C(=O)c1cc2ccccc2cc1O)C1CCCCC1. The van der Waals surface area contributed by atoms with Crippen molar-refractivity contribution in [2.75, 3.05) is 6.54 Å². The van der Waals surface area contributed by atoms with E-state index in [0.717, 1.165) is 23.6 Å². The fourth-order valence-electron chi connectivity index (χ4n) is 3.51. The van der Waals surface area contributed by atoms with Gasteiger partial charge in [-0.3, -0.25) is 4.79 Å². The number of benzene rings is 2. The summed E-state index contributed by atoms with van der Waals surface area (Å²) in [6.07, 6.45) is 5.81. The zero-order valence-electron chi connectivity index (χ0n) is 13.1. The molecule has 3 heteroatoms. The molecule has 0 heterocycles. The summed E-state index contributed by atoms with van der Waals surface area (Å²) in [6.45, 7) is 2.71. The largest absolute Gasteiger partial charge is 0.507 e. The van der Waals surface area contributed by atoms with Gasteiger partial charge < -0.3 is 10.0 Å². The Hall–Kier alpha value is -2.03. The average Bonchev–Trinajstić information content (AvgIpc) is 2.55. The molecule has 1 fully saturated rings. The first-order valence-corrected chi connectivity index (χ1v) is 8.23. The van der Waals surface area contributed by atoms with Gasteiger partial charge in [-0.1, -0.05) is 43.5 Å². The van der Waals surface area contributed by atoms with E-state index >= 15 is 0 Å². The minimum atomic E-state index is -0.0438. The second-order valence-electron chi connectivity index (χ2n) is 6.10. The Morgan fingerprint density at radius 1 is 1.14 bits per heavy atom. The quantitative estimate of drug-likeness (QED) is 0.915. The maximum absolute atomic E-state index is 12.9. The van der Waals surface area contributed by atoms with Crippen LogP contribution >= 0.6 is 0 Å². The Bertz CT molecular complexity index is 674. The first-order chi connectivity index (χ1) is 10.7. The van der Waals surface area contributed by atoms with E-state index in [9.17, 15) is 9.90 Å². The molecule has 3 rings (SSSR count). The summed E-state index contributed by atoms with van der Waals surface area (Å²) >= 11 is 0. The standard InChI is InChI=1S/C19H23NO2/c1-2-20(16-10-4-3-5-11-16)19(22)17-12-14-8-6-7-9-15(14)13-18(17)21/h6-9,12-13,16,21H,2-5,10-11H2,1H3. The minimum absolute atomic E-state index is 0.0438. The number of phenolic OH excluding ortho intramolecular Hbond substituents is 1. The van der Waals surface area contributed by atoms with Gasteiger partial charge in [-0.25, -0.2) is 0 Å². The van der Waals surface area contributed by atoms with Crippen LogP contribution in [0.2, 0.25) is 0 Å². The van der Waals surface area contributed by atoms with E-state index in [4.69, 9.17) is 0 Å². The number of carbonyl (C=O) groups is 1. The van der Waals surface area contributed by atoms with Crippen LogP contribution in [0.3, 0.4) is 0 Å². The van der Waals surface area contributed by atoms with Gasteiger partial charge in [0.25, 0.3) is 5.91 Å². The summed E-state index contributed by atoms with van der Waals surface area (Å²) in [5.41, 5.74) is 0.422. The molecule has 1 aliphatic rings. The molecule has 2 aromatic rings. The molecule has 1 aliphatic carbocycles. The third-order valence-corrected chi connectivity index (χ3v) is 4.71. The zero-order chi connectivity index (χ0) is 15.5. The Morgan fingerprint density at radius 2 is 1.77 bits per heavy atom. The normalized spacial score (nSPS) is 15.9. The van der Waals surface area contributed by atoms with E-state index in [2.05, 4.69) is 0 Å². The summed E-state index contributed by atoms with van der Waals surface area (Å²) < 4.78 is 0. The molecule has 2 aromatic carbocycles. The lowest BCUT2D eigenvalue weighted by Gasteiger charge is -2.33. The van der Waals surface area contributed by atoms with Crippen molar-refractivity contribution in [2.24, 2.45) is 0 Å². The number of nitrogens with zero attached hydrogens (tertiary/aromatic N) is 1. The summed E-state index contributed by atoms with van der Waals surface area (Å²) in [4.78, 5) is 14.8. The number of hydrogen-bond donors (Lipinski definition) is 1. The molecule has 3 nitrogen and oxygen atoms in total. The van der Waals surface area contributed by atoms with Gasteiger partial charge in [-0.2, -0.15) is 0 Å². The molecule has 0 unspecified atom stereocenters. The summed E-state index contributed by atoms with van der Waals surface area (Å²) in [5, 5.41) is 12.2. The number of carbonyl (C=O) groups excluding carboxylic acids is 1. The Labute approximate surface area is 131 Å². The predicted octanol–water partition coefficient (Wildman–Crippen LogP) is 4.34. The molecule has 0 spiro atoms. The van der Waals surface area contributed by atoms with Crippen molar-refractivity contribution in [2.45, 2.75) is 45.1 Å². The minimum Gasteiger partial charge on any atom is -0.507 e. The van der Waals surface area contributed by atoms with Crippen molar-refractivity contribution in [1.82, 2.24) is 4.90 Å². The molecule has 0 aromatic heterocycles. The summed E-state index contributed by atoms with van der Waals surface area (Å²) in [7, 11) is 0. The van der Waals surface area contributed by atoms with Gasteiger partial charge in [0.1, 0.15) is 5.75 Å². The molecule has 0 atom stereocenters. The third-order valence-electron chi connectivity index (χ3n) is 4.71. The molecule has 0 saturated heterocycles. The number of aromatic hydroxyl groups is 1. The number of phenols is 1. The van der Waals surface area contributed by atoms with Crippen molar-refractivity contribution in [3.63, 3.8) is 0 Å². The molecule has 116 valence electrons. The van der Waals surface area contributed by atoms with Crippen LogP contribution in [-0.4, -0.2) is 28.5 Å². The highest BCUT2D eigenvalue weighted by molar-refractivity contribution is 6.01. The van der Waals surface area contributed by atoms with Crippen LogP contribution in [-0.2, 0) is 0 Å². The molecule has 0 aliphatic heterocycles. The molecule has 0 radical (unpaired) electrons. The molecular formula is C19H23NO2. The van der Waals surface area contributed by atoms with E-state index < -0.39 is 0 Å². The lowest BCUT2D eigenvalue weighted by atomic mass is 9.93. The maximum atomic E-state index is 12.9. The van der Waals surface area contributed by atoms with E-state index in [0.29, 0.717) is 18.2 Å². The van der Waals surface area contributed by atoms with Gasteiger partial charge in [-0.15, -0.1) is 0 Å². The lowest BCUT2D eigenvalue weighted by molar-refractivity contribution is 0.0645. The molecule has 22 heavy (non-hydrogen) atoms. The van der Waals surface area contributed by atoms with Crippen LogP contribution in [0.4, 0.5) is 0 Å². The molecular weight excluding hydrogens is 274 g/mol. The van der Waals surface area contributed by atoms with Crippen LogP contribution in [0.1, 0.15) is 49.4 Å². The average molecular weight is 297 g/mol. The van der Waals surface area contributed by atoms with Gasteiger partial charge in [0.2, 0.25) is 0 Å². The zero-order valence-corrected chi connectivity index (χ0v) is 13.1. The van der Waals surface area contributed by atoms with E-state index in [1.807, 2.05) is 42.2 Å². The molecule has 1 saturated carbocycles. The Kier molecular flexibility index (Phi) is 4.32. The molecule has 1 N–H and O–H groups in total. The van der Waals surface area contributed by atoms with Gasteiger partial charge in [0.15, 0.2) is 0 Å². The van der Waals surface area contributed by atoms with E-state index in [-0.39, 0.29) is 11.7 Å². The van der Waals surface area contributed by atoms with E-state index in [1.165, 1.54) is 19.3 Å². The van der Waals surface area contributed by atoms with Crippen molar-refractivity contribution < 1.29 is 9.90 Å². The van der Waals surface area contributed by atoms with Gasteiger partial charge in [0.05, 0.1) is 5.56 Å². The smallest absolute Gasteiger partial charge is 0.257 e. The maximum Gasteiger partial charge on any atom is 0.257 e. The first kappa shape index (κ1) is 14.9. The molecule has 1 amide bonds.